The Hall–Kier alpha value is -1.56. The average molecular weight is 258 g/mol. The van der Waals surface area contributed by atoms with E-state index in [9.17, 15) is 18.3 Å². The molecule has 0 radical (unpaired) electrons. The van der Waals surface area contributed by atoms with Crippen LogP contribution >= 0.6 is 0 Å². The van der Waals surface area contributed by atoms with Crippen molar-refractivity contribution in [2.45, 2.75) is 32.5 Å². The predicted molar refractivity (Wildman–Crippen MR) is 60.2 cm³/mol. The third kappa shape index (κ3) is 2.08. The summed E-state index contributed by atoms with van der Waals surface area (Å²) in [5, 5.41) is 9.31. The Morgan fingerprint density at radius 3 is 2.50 bits per heavy atom. The molecule has 0 aromatic carbocycles. The molecule has 0 aliphatic rings. The summed E-state index contributed by atoms with van der Waals surface area (Å²) in [6, 6.07) is 2.31. The third-order valence-corrected chi connectivity index (χ3v) is 2.77. The van der Waals surface area contributed by atoms with Gasteiger partial charge >= 0.3 is 6.18 Å². The zero-order valence-electron chi connectivity index (χ0n) is 9.99. The van der Waals surface area contributed by atoms with Crippen molar-refractivity contribution < 1.29 is 18.3 Å². The van der Waals surface area contributed by atoms with Gasteiger partial charge in [-0.3, -0.25) is 0 Å². The van der Waals surface area contributed by atoms with Gasteiger partial charge < -0.3 is 9.51 Å². The molecule has 0 atom stereocenters. The van der Waals surface area contributed by atoms with Crippen molar-refractivity contribution in [3.63, 3.8) is 0 Å². The van der Waals surface area contributed by atoms with Crippen LogP contribution in [0.1, 0.15) is 36.7 Å². The van der Waals surface area contributed by atoms with Crippen LogP contribution in [0.3, 0.4) is 0 Å². The van der Waals surface area contributed by atoms with Crippen molar-refractivity contribution in [3.05, 3.63) is 35.3 Å². The number of imidazole rings is 1. The molecule has 0 spiro atoms. The van der Waals surface area contributed by atoms with E-state index in [-0.39, 0.29) is 12.5 Å². The Labute approximate surface area is 102 Å². The van der Waals surface area contributed by atoms with E-state index in [0.717, 1.165) is 12.3 Å². The molecule has 0 fully saturated rings. The monoisotopic (exact) mass is 258 g/mol. The topological polar surface area (TPSA) is 37.5 Å². The number of halogens is 3. The fraction of sp³-hybridized carbons (Fsp3) is 0.417. The van der Waals surface area contributed by atoms with Crippen molar-refractivity contribution >= 4 is 5.65 Å². The molecule has 0 saturated carbocycles. The van der Waals surface area contributed by atoms with Gasteiger partial charge in [-0.05, 0) is 18.1 Å². The zero-order valence-corrected chi connectivity index (χ0v) is 9.99. The van der Waals surface area contributed by atoms with Crippen LogP contribution in [0.2, 0.25) is 0 Å². The van der Waals surface area contributed by atoms with Gasteiger partial charge in [0.1, 0.15) is 5.65 Å². The minimum absolute atomic E-state index is 0.0430. The van der Waals surface area contributed by atoms with Crippen molar-refractivity contribution in [1.82, 2.24) is 9.38 Å². The summed E-state index contributed by atoms with van der Waals surface area (Å²) >= 11 is 0. The van der Waals surface area contributed by atoms with Crippen molar-refractivity contribution in [3.8, 4) is 0 Å². The molecule has 0 unspecified atom stereocenters. The molecule has 0 bridgehead atoms. The van der Waals surface area contributed by atoms with Crippen LogP contribution in [0.15, 0.2) is 18.3 Å². The van der Waals surface area contributed by atoms with Gasteiger partial charge in [0.2, 0.25) is 0 Å². The van der Waals surface area contributed by atoms with Crippen LogP contribution in [0.5, 0.6) is 0 Å². The Bertz CT molecular complexity index is 572. The summed E-state index contributed by atoms with van der Waals surface area (Å²) in [6.45, 7) is 3.42. The second-order valence-electron chi connectivity index (χ2n) is 4.40. The molecule has 98 valence electrons. The second kappa shape index (κ2) is 4.28. The Kier molecular flexibility index (Phi) is 3.06. The summed E-state index contributed by atoms with van der Waals surface area (Å²) < 4.78 is 39.2. The largest absolute Gasteiger partial charge is 0.417 e. The summed E-state index contributed by atoms with van der Waals surface area (Å²) in [5.74, 6) is 0.0430. The highest BCUT2D eigenvalue weighted by Gasteiger charge is 2.31. The number of hydrogen-bond donors (Lipinski definition) is 1. The first-order valence-corrected chi connectivity index (χ1v) is 5.53. The smallest absolute Gasteiger partial charge is 0.390 e. The maximum atomic E-state index is 12.6. The molecule has 2 heterocycles. The summed E-state index contributed by atoms with van der Waals surface area (Å²) in [4.78, 5) is 4.24. The van der Waals surface area contributed by atoms with Crippen LogP contribution < -0.4 is 0 Å². The van der Waals surface area contributed by atoms with E-state index in [1.54, 1.807) is 0 Å². The Morgan fingerprint density at radius 2 is 2.00 bits per heavy atom. The number of aliphatic hydroxyl groups excluding tert-OH is 1. The van der Waals surface area contributed by atoms with E-state index in [1.165, 1.54) is 10.5 Å². The lowest BCUT2D eigenvalue weighted by atomic mass is 10.1. The number of aliphatic hydroxyl groups is 1. The number of nitrogens with zero attached hydrogens (tertiary/aromatic N) is 2. The Balaban J connectivity index is 2.68. The van der Waals surface area contributed by atoms with Gasteiger partial charge in [0, 0.05) is 6.20 Å². The molecular formula is C12H13F3N2O. The molecule has 0 amide bonds. The quantitative estimate of drug-likeness (QED) is 0.899. The highest BCUT2D eigenvalue weighted by molar-refractivity contribution is 5.45. The standard InChI is InChI=1S/C12H13F3N2O/c1-7(2)11-9(6-18)17-5-8(12(13,14)15)3-4-10(17)16-11/h3-5,7,18H,6H2,1-2H3. The van der Waals surface area contributed by atoms with Crippen LogP contribution in [0, 0.1) is 0 Å². The van der Waals surface area contributed by atoms with Gasteiger partial charge in [0.15, 0.2) is 0 Å². The Morgan fingerprint density at radius 1 is 1.33 bits per heavy atom. The lowest BCUT2D eigenvalue weighted by Crippen LogP contribution is -2.07. The van der Waals surface area contributed by atoms with E-state index in [4.69, 9.17) is 0 Å². The number of pyridine rings is 1. The first-order chi connectivity index (χ1) is 8.34. The fourth-order valence-electron chi connectivity index (χ4n) is 1.90. The predicted octanol–water partition coefficient (Wildman–Crippen LogP) is 2.97. The minimum Gasteiger partial charge on any atom is -0.390 e. The third-order valence-electron chi connectivity index (χ3n) is 2.77. The van der Waals surface area contributed by atoms with E-state index in [2.05, 4.69) is 4.98 Å². The minimum atomic E-state index is -4.40. The fourth-order valence-corrected chi connectivity index (χ4v) is 1.90. The molecule has 0 saturated heterocycles. The molecule has 1 N–H and O–H groups in total. The SMILES string of the molecule is CC(C)c1nc2ccc(C(F)(F)F)cn2c1CO. The van der Waals surface area contributed by atoms with Crippen molar-refractivity contribution in [2.24, 2.45) is 0 Å². The first-order valence-electron chi connectivity index (χ1n) is 5.53. The van der Waals surface area contributed by atoms with Gasteiger partial charge in [-0.2, -0.15) is 13.2 Å². The van der Waals surface area contributed by atoms with Gasteiger partial charge in [-0.25, -0.2) is 4.98 Å². The molecule has 6 heteroatoms. The molecule has 0 aliphatic carbocycles. The van der Waals surface area contributed by atoms with Gasteiger partial charge in [0.25, 0.3) is 0 Å². The lowest BCUT2D eigenvalue weighted by molar-refractivity contribution is -0.137. The summed E-state index contributed by atoms with van der Waals surface area (Å²) in [6.07, 6.45) is -3.43. The molecule has 2 aromatic rings. The van der Waals surface area contributed by atoms with Crippen LogP contribution in [-0.2, 0) is 12.8 Å². The molecular weight excluding hydrogens is 245 g/mol. The summed E-state index contributed by atoms with van der Waals surface area (Å²) in [5.41, 5.74) is 0.691. The van der Waals surface area contributed by atoms with E-state index in [1.807, 2.05) is 13.8 Å². The molecule has 2 aromatic heterocycles. The van der Waals surface area contributed by atoms with E-state index < -0.39 is 11.7 Å². The lowest BCUT2D eigenvalue weighted by Gasteiger charge is -2.08. The van der Waals surface area contributed by atoms with E-state index in [0.29, 0.717) is 17.0 Å². The summed E-state index contributed by atoms with van der Waals surface area (Å²) in [7, 11) is 0. The molecule has 2 rings (SSSR count). The normalized spacial score (nSPS) is 12.6. The zero-order chi connectivity index (χ0) is 13.5. The van der Waals surface area contributed by atoms with Gasteiger partial charge in [-0.1, -0.05) is 13.8 Å². The molecule has 3 nitrogen and oxygen atoms in total. The number of fused-ring (bicyclic) bond motifs is 1. The van der Waals surface area contributed by atoms with Crippen molar-refractivity contribution in [2.75, 3.05) is 0 Å². The maximum Gasteiger partial charge on any atom is 0.417 e. The first kappa shape index (κ1) is 12.9. The van der Waals surface area contributed by atoms with Crippen LogP contribution in [0.4, 0.5) is 13.2 Å². The maximum absolute atomic E-state index is 12.6. The molecule has 18 heavy (non-hydrogen) atoms. The number of hydrogen-bond acceptors (Lipinski definition) is 2. The van der Waals surface area contributed by atoms with Crippen LogP contribution in [-0.4, -0.2) is 14.5 Å². The molecule has 0 aliphatic heterocycles. The highest BCUT2D eigenvalue weighted by Crippen LogP contribution is 2.30. The number of rotatable bonds is 2. The van der Waals surface area contributed by atoms with Crippen LogP contribution in [0.25, 0.3) is 5.65 Å². The van der Waals surface area contributed by atoms with Crippen molar-refractivity contribution in [1.29, 1.82) is 0 Å². The average Bonchev–Trinajstić information content (AvgIpc) is 2.65. The second-order valence-corrected chi connectivity index (χ2v) is 4.40. The number of aromatic nitrogens is 2. The highest BCUT2D eigenvalue weighted by atomic mass is 19.4. The van der Waals surface area contributed by atoms with Gasteiger partial charge in [0.05, 0.1) is 23.6 Å². The van der Waals surface area contributed by atoms with Gasteiger partial charge in [-0.15, -0.1) is 0 Å². The van der Waals surface area contributed by atoms with E-state index >= 15 is 0 Å². The number of alkyl halides is 3.